The van der Waals surface area contributed by atoms with Crippen molar-refractivity contribution < 1.29 is 18.3 Å². The first-order valence-corrected chi connectivity index (χ1v) is 8.90. The molecule has 0 unspecified atom stereocenters. The van der Waals surface area contributed by atoms with E-state index >= 15 is 0 Å². The summed E-state index contributed by atoms with van der Waals surface area (Å²) in [6.07, 6.45) is 1.55. The van der Waals surface area contributed by atoms with Gasteiger partial charge in [0.25, 0.3) is 0 Å². The van der Waals surface area contributed by atoms with Crippen molar-refractivity contribution in [1.29, 1.82) is 0 Å². The van der Waals surface area contributed by atoms with Crippen molar-refractivity contribution in [2.45, 2.75) is 19.3 Å². The number of methoxy groups -OCH3 is 1. The SMILES string of the molecule is COC(=O)CCCc1c(-c2ccc(F)c(F)c2)[nH]c2ccc(I)cc12. The summed E-state index contributed by atoms with van der Waals surface area (Å²) in [5.74, 6) is -2.02. The number of aromatic amines is 1. The van der Waals surface area contributed by atoms with Crippen molar-refractivity contribution in [3.05, 3.63) is 57.2 Å². The van der Waals surface area contributed by atoms with Crippen molar-refractivity contribution in [1.82, 2.24) is 4.98 Å². The predicted molar refractivity (Wildman–Crippen MR) is 101 cm³/mol. The Balaban J connectivity index is 2.05. The highest BCUT2D eigenvalue weighted by Crippen LogP contribution is 2.33. The van der Waals surface area contributed by atoms with Crippen LogP contribution in [0.5, 0.6) is 0 Å². The lowest BCUT2D eigenvalue weighted by Gasteiger charge is -2.06. The minimum Gasteiger partial charge on any atom is -0.469 e. The number of benzene rings is 2. The standard InChI is InChI=1S/C19H16F2INO2/c1-25-18(24)4-2-3-13-14-10-12(22)6-8-17(14)23-19(13)11-5-7-15(20)16(21)9-11/h5-10,23H,2-4H2,1H3. The number of hydrogen-bond acceptors (Lipinski definition) is 2. The van der Waals surface area contributed by atoms with Crippen molar-refractivity contribution in [3.63, 3.8) is 0 Å². The topological polar surface area (TPSA) is 42.1 Å². The van der Waals surface area contributed by atoms with Crippen LogP contribution in [0.3, 0.4) is 0 Å². The summed E-state index contributed by atoms with van der Waals surface area (Å²) in [5.41, 5.74) is 3.25. The molecule has 25 heavy (non-hydrogen) atoms. The number of halogens is 3. The number of ether oxygens (including phenoxy) is 1. The molecular formula is C19H16F2INO2. The highest BCUT2D eigenvalue weighted by molar-refractivity contribution is 14.1. The molecule has 0 amide bonds. The van der Waals surface area contributed by atoms with Crippen molar-refractivity contribution in [2.24, 2.45) is 0 Å². The zero-order valence-corrected chi connectivity index (χ0v) is 15.7. The van der Waals surface area contributed by atoms with Crippen molar-refractivity contribution in [3.8, 4) is 11.3 Å². The van der Waals surface area contributed by atoms with Gasteiger partial charge in [-0.1, -0.05) is 0 Å². The third-order valence-corrected chi connectivity index (χ3v) is 4.78. The molecule has 0 bridgehead atoms. The molecule has 130 valence electrons. The molecule has 3 aromatic rings. The minimum atomic E-state index is -0.883. The number of carbonyl (C=O) groups is 1. The third kappa shape index (κ3) is 3.84. The fraction of sp³-hybridized carbons (Fsp3) is 0.211. The van der Waals surface area contributed by atoms with E-state index < -0.39 is 11.6 Å². The zero-order chi connectivity index (χ0) is 18.0. The molecule has 3 rings (SSSR count). The van der Waals surface area contributed by atoms with Crippen LogP contribution in [0.25, 0.3) is 22.2 Å². The average molecular weight is 455 g/mol. The highest BCUT2D eigenvalue weighted by atomic mass is 127. The van der Waals surface area contributed by atoms with Gasteiger partial charge >= 0.3 is 5.97 Å². The Labute approximate surface area is 157 Å². The van der Waals surface area contributed by atoms with Crippen LogP contribution in [0.2, 0.25) is 0 Å². The van der Waals surface area contributed by atoms with Gasteiger partial charge < -0.3 is 9.72 Å². The summed E-state index contributed by atoms with van der Waals surface area (Å²) in [5, 5.41) is 1.02. The molecule has 0 fully saturated rings. The maximum absolute atomic E-state index is 13.7. The van der Waals surface area contributed by atoms with E-state index in [2.05, 4.69) is 32.3 Å². The van der Waals surface area contributed by atoms with Gasteiger partial charge in [-0.2, -0.15) is 0 Å². The molecule has 1 heterocycles. The molecular weight excluding hydrogens is 439 g/mol. The van der Waals surface area contributed by atoms with Crippen molar-refractivity contribution >= 4 is 39.5 Å². The summed E-state index contributed by atoms with van der Waals surface area (Å²) in [4.78, 5) is 14.7. The second-order valence-corrected chi connectivity index (χ2v) is 6.97. The lowest BCUT2D eigenvalue weighted by Crippen LogP contribution is -2.01. The average Bonchev–Trinajstić information content (AvgIpc) is 2.95. The number of carbonyl (C=O) groups excluding carboxylic acids is 1. The first kappa shape index (κ1) is 17.8. The van der Waals surface area contributed by atoms with Gasteiger partial charge in [0.1, 0.15) is 0 Å². The molecule has 1 N–H and O–H groups in total. The van der Waals surface area contributed by atoms with Gasteiger partial charge in [-0.3, -0.25) is 4.79 Å². The number of hydrogen-bond donors (Lipinski definition) is 1. The number of aryl methyl sites for hydroxylation is 1. The second-order valence-electron chi connectivity index (χ2n) is 5.73. The molecule has 0 spiro atoms. The van der Waals surface area contributed by atoms with E-state index in [1.165, 1.54) is 13.2 Å². The quantitative estimate of drug-likeness (QED) is 0.424. The zero-order valence-electron chi connectivity index (χ0n) is 13.5. The van der Waals surface area contributed by atoms with Gasteiger partial charge in [-0.25, -0.2) is 8.78 Å². The van der Waals surface area contributed by atoms with Crippen LogP contribution in [0.1, 0.15) is 18.4 Å². The molecule has 1 aromatic heterocycles. The van der Waals surface area contributed by atoms with Gasteiger partial charge in [-0.15, -0.1) is 0 Å². The maximum atomic E-state index is 13.7. The molecule has 0 radical (unpaired) electrons. The van der Waals surface area contributed by atoms with Crippen LogP contribution in [-0.4, -0.2) is 18.1 Å². The molecule has 2 aromatic carbocycles. The minimum absolute atomic E-state index is 0.260. The summed E-state index contributed by atoms with van der Waals surface area (Å²) in [7, 11) is 1.36. The molecule has 0 saturated heterocycles. The molecule has 0 aliphatic heterocycles. The Kier molecular flexibility index (Phi) is 5.36. The predicted octanol–water partition coefficient (Wildman–Crippen LogP) is 5.21. The van der Waals surface area contributed by atoms with E-state index in [4.69, 9.17) is 0 Å². The lowest BCUT2D eigenvalue weighted by molar-refractivity contribution is -0.140. The van der Waals surface area contributed by atoms with Crippen LogP contribution in [0.15, 0.2) is 36.4 Å². The molecule has 6 heteroatoms. The molecule has 0 aliphatic rings. The maximum Gasteiger partial charge on any atom is 0.305 e. The van der Waals surface area contributed by atoms with Gasteiger partial charge in [0.2, 0.25) is 0 Å². The number of fused-ring (bicyclic) bond motifs is 1. The van der Waals surface area contributed by atoms with E-state index in [9.17, 15) is 13.6 Å². The Morgan fingerprint density at radius 1 is 1.16 bits per heavy atom. The van der Waals surface area contributed by atoms with Gasteiger partial charge in [0, 0.05) is 32.2 Å². The first-order chi connectivity index (χ1) is 12.0. The van der Waals surface area contributed by atoms with Gasteiger partial charge in [0.15, 0.2) is 11.6 Å². The van der Waals surface area contributed by atoms with Crippen LogP contribution in [-0.2, 0) is 16.0 Å². The van der Waals surface area contributed by atoms with E-state index in [1.54, 1.807) is 6.07 Å². The van der Waals surface area contributed by atoms with E-state index in [0.29, 0.717) is 24.8 Å². The number of H-pyrrole nitrogens is 1. The first-order valence-electron chi connectivity index (χ1n) is 7.82. The largest absolute Gasteiger partial charge is 0.469 e. The van der Waals surface area contributed by atoms with Gasteiger partial charge in [-0.05, 0) is 77.4 Å². The normalized spacial score (nSPS) is 11.0. The highest BCUT2D eigenvalue weighted by Gasteiger charge is 2.15. The van der Waals surface area contributed by atoms with Crippen LogP contribution < -0.4 is 0 Å². The Morgan fingerprint density at radius 3 is 2.68 bits per heavy atom. The van der Waals surface area contributed by atoms with E-state index in [-0.39, 0.29) is 5.97 Å². The van der Waals surface area contributed by atoms with Gasteiger partial charge in [0.05, 0.1) is 7.11 Å². The summed E-state index contributed by atoms with van der Waals surface area (Å²) in [6, 6.07) is 9.85. The third-order valence-electron chi connectivity index (χ3n) is 4.11. The van der Waals surface area contributed by atoms with E-state index in [0.717, 1.165) is 31.8 Å². The lowest BCUT2D eigenvalue weighted by atomic mass is 10.00. The number of nitrogens with one attached hydrogen (secondary N) is 1. The fourth-order valence-corrected chi connectivity index (χ4v) is 3.38. The number of aromatic nitrogens is 1. The van der Waals surface area contributed by atoms with E-state index in [1.807, 2.05) is 18.2 Å². The smallest absolute Gasteiger partial charge is 0.305 e. The van der Waals surface area contributed by atoms with Crippen LogP contribution in [0, 0.1) is 15.2 Å². The molecule has 0 saturated carbocycles. The summed E-state index contributed by atoms with van der Waals surface area (Å²) in [6.45, 7) is 0. The number of rotatable bonds is 5. The molecule has 3 nitrogen and oxygen atoms in total. The van der Waals surface area contributed by atoms with Crippen LogP contribution in [0.4, 0.5) is 8.78 Å². The number of esters is 1. The summed E-state index contributed by atoms with van der Waals surface area (Å²) < 4.78 is 32.7. The Morgan fingerprint density at radius 2 is 1.96 bits per heavy atom. The Hall–Kier alpha value is -1.96. The Bertz CT molecular complexity index is 937. The van der Waals surface area contributed by atoms with Crippen molar-refractivity contribution in [2.75, 3.05) is 7.11 Å². The molecule has 0 atom stereocenters. The van der Waals surface area contributed by atoms with Crippen LogP contribution >= 0.6 is 22.6 Å². The monoisotopic (exact) mass is 455 g/mol. The fourth-order valence-electron chi connectivity index (χ4n) is 2.89. The summed E-state index contributed by atoms with van der Waals surface area (Å²) >= 11 is 2.23. The molecule has 0 aliphatic carbocycles. The second kappa shape index (κ2) is 7.51.